The van der Waals surface area contributed by atoms with E-state index in [0.717, 1.165) is 30.5 Å². The van der Waals surface area contributed by atoms with Crippen LogP contribution in [0.15, 0.2) is 24.3 Å². The average Bonchev–Trinajstić information content (AvgIpc) is 3.24. The lowest BCUT2D eigenvalue weighted by atomic mass is 10.1. The van der Waals surface area contributed by atoms with Crippen molar-refractivity contribution in [2.24, 2.45) is 0 Å². The molecule has 1 N–H and O–H groups in total. The van der Waals surface area contributed by atoms with Crippen molar-refractivity contribution >= 4 is 10.0 Å². The third kappa shape index (κ3) is 4.78. The van der Waals surface area contributed by atoms with Gasteiger partial charge in [-0.3, -0.25) is 0 Å². The van der Waals surface area contributed by atoms with Crippen molar-refractivity contribution in [1.29, 1.82) is 0 Å². The first-order chi connectivity index (χ1) is 10.1. The van der Waals surface area contributed by atoms with Crippen LogP contribution in [-0.4, -0.2) is 46.1 Å². The van der Waals surface area contributed by atoms with Crippen LogP contribution in [0.5, 0.6) is 0 Å². The van der Waals surface area contributed by atoms with E-state index in [2.05, 4.69) is 5.32 Å². The van der Waals surface area contributed by atoms with E-state index in [1.54, 1.807) is 11.4 Å². The molecule has 0 aromatic heterocycles. The second-order valence-corrected chi connectivity index (χ2v) is 7.36. The molecular weight excluding hydrogens is 288 g/mol. The largest absolute Gasteiger partial charge is 0.383 e. The van der Waals surface area contributed by atoms with Crippen LogP contribution in [0.1, 0.15) is 24.0 Å². The van der Waals surface area contributed by atoms with Crippen LogP contribution in [0, 0.1) is 0 Å². The molecule has 0 atom stereocenters. The molecule has 0 amide bonds. The SMILES string of the molecule is CNCc1cccc(CS(=O)(=O)N(CCOC)C2CC2)c1. The van der Waals surface area contributed by atoms with E-state index in [9.17, 15) is 8.42 Å². The number of hydrogen-bond donors (Lipinski definition) is 1. The Kier molecular flexibility index (Phi) is 5.75. The van der Waals surface area contributed by atoms with Gasteiger partial charge in [0.15, 0.2) is 0 Å². The summed E-state index contributed by atoms with van der Waals surface area (Å²) in [4.78, 5) is 0. The number of sulfonamides is 1. The monoisotopic (exact) mass is 312 g/mol. The first-order valence-corrected chi connectivity index (χ1v) is 8.88. The van der Waals surface area contributed by atoms with Crippen LogP contribution < -0.4 is 5.32 Å². The third-order valence-corrected chi connectivity index (χ3v) is 5.44. The number of hydrogen-bond acceptors (Lipinski definition) is 4. The fourth-order valence-corrected chi connectivity index (χ4v) is 4.20. The first-order valence-electron chi connectivity index (χ1n) is 7.27. The number of rotatable bonds is 9. The maximum atomic E-state index is 12.6. The van der Waals surface area contributed by atoms with Gasteiger partial charge in [-0.25, -0.2) is 8.42 Å². The third-order valence-electron chi connectivity index (χ3n) is 3.55. The second kappa shape index (κ2) is 7.35. The molecule has 0 unspecified atom stereocenters. The summed E-state index contributed by atoms with van der Waals surface area (Å²) in [5.41, 5.74) is 1.94. The Morgan fingerprint density at radius 2 is 2.05 bits per heavy atom. The number of nitrogens with zero attached hydrogens (tertiary/aromatic N) is 1. The summed E-state index contributed by atoms with van der Waals surface area (Å²) in [5.74, 6) is 0.0603. The van der Waals surface area contributed by atoms with Gasteiger partial charge in [0.1, 0.15) is 0 Å². The zero-order valence-electron chi connectivity index (χ0n) is 12.7. The molecule has 2 rings (SSSR count). The number of nitrogens with one attached hydrogen (secondary N) is 1. The Bertz CT molecular complexity index is 556. The Morgan fingerprint density at radius 1 is 1.33 bits per heavy atom. The number of benzene rings is 1. The fraction of sp³-hybridized carbons (Fsp3) is 0.600. The smallest absolute Gasteiger partial charge is 0.218 e. The molecule has 0 aliphatic heterocycles. The van der Waals surface area contributed by atoms with Crippen molar-refractivity contribution in [3.8, 4) is 0 Å². The van der Waals surface area contributed by atoms with Gasteiger partial charge < -0.3 is 10.1 Å². The van der Waals surface area contributed by atoms with Gasteiger partial charge in [0, 0.05) is 26.2 Å². The predicted octanol–water partition coefficient (Wildman–Crippen LogP) is 1.35. The zero-order chi connectivity index (χ0) is 15.3. The van der Waals surface area contributed by atoms with E-state index in [4.69, 9.17) is 4.74 Å². The van der Waals surface area contributed by atoms with Crippen LogP contribution in [0.25, 0.3) is 0 Å². The lowest BCUT2D eigenvalue weighted by molar-refractivity contribution is 0.177. The topological polar surface area (TPSA) is 58.6 Å². The minimum atomic E-state index is -3.28. The fourth-order valence-electron chi connectivity index (χ4n) is 2.42. The van der Waals surface area contributed by atoms with Crippen LogP contribution in [0.3, 0.4) is 0 Å². The highest BCUT2D eigenvalue weighted by Gasteiger charge is 2.36. The molecule has 1 aliphatic rings. The molecule has 0 bridgehead atoms. The van der Waals surface area contributed by atoms with Gasteiger partial charge in [0.05, 0.1) is 12.4 Å². The van der Waals surface area contributed by atoms with Crippen molar-refractivity contribution < 1.29 is 13.2 Å². The molecular formula is C15H24N2O3S. The summed E-state index contributed by atoms with van der Waals surface area (Å²) >= 11 is 0. The Balaban J connectivity index is 2.09. The second-order valence-electron chi connectivity index (χ2n) is 5.44. The summed E-state index contributed by atoms with van der Waals surface area (Å²) in [6.45, 7) is 1.62. The molecule has 6 heteroatoms. The molecule has 118 valence electrons. The maximum absolute atomic E-state index is 12.6. The standard InChI is InChI=1S/C15H24N2O3S/c1-16-11-13-4-3-5-14(10-13)12-21(18,19)17(8-9-20-2)15-6-7-15/h3-5,10,15-16H,6-9,11-12H2,1-2H3. The predicted molar refractivity (Wildman–Crippen MR) is 83.4 cm³/mol. The van der Waals surface area contributed by atoms with Crippen molar-refractivity contribution in [3.05, 3.63) is 35.4 Å². The molecule has 0 heterocycles. The summed E-state index contributed by atoms with van der Waals surface area (Å²) in [5, 5.41) is 3.08. The number of ether oxygens (including phenoxy) is 1. The summed E-state index contributed by atoms with van der Waals surface area (Å²) in [6, 6.07) is 7.91. The minimum absolute atomic E-state index is 0.0603. The van der Waals surface area contributed by atoms with E-state index in [1.807, 2.05) is 31.3 Å². The van der Waals surface area contributed by atoms with Crippen LogP contribution in [0.2, 0.25) is 0 Å². The van der Waals surface area contributed by atoms with E-state index < -0.39 is 10.0 Å². The molecule has 0 spiro atoms. The van der Waals surface area contributed by atoms with Gasteiger partial charge in [0.25, 0.3) is 0 Å². The molecule has 1 saturated carbocycles. The van der Waals surface area contributed by atoms with Crippen LogP contribution in [-0.2, 0) is 27.1 Å². The summed E-state index contributed by atoms with van der Waals surface area (Å²) in [6.07, 6.45) is 1.92. The lowest BCUT2D eigenvalue weighted by Crippen LogP contribution is -2.36. The Hall–Kier alpha value is -0.950. The van der Waals surface area contributed by atoms with E-state index in [1.165, 1.54) is 0 Å². The zero-order valence-corrected chi connectivity index (χ0v) is 13.5. The Labute approximate surface area is 127 Å². The van der Waals surface area contributed by atoms with Crippen molar-refractivity contribution in [3.63, 3.8) is 0 Å². The van der Waals surface area contributed by atoms with Gasteiger partial charge in [-0.1, -0.05) is 24.3 Å². The van der Waals surface area contributed by atoms with E-state index in [0.29, 0.717) is 13.2 Å². The molecule has 1 aliphatic carbocycles. The average molecular weight is 312 g/mol. The summed E-state index contributed by atoms with van der Waals surface area (Å²) < 4.78 is 31.9. The van der Waals surface area contributed by atoms with Gasteiger partial charge >= 0.3 is 0 Å². The lowest BCUT2D eigenvalue weighted by Gasteiger charge is -2.21. The van der Waals surface area contributed by atoms with Crippen molar-refractivity contribution in [1.82, 2.24) is 9.62 Å². The minimum Gasteiger partial charge on any atom is -0.383 e. The highest BCUT2D eigenvalue weighted by Crippen LogP contribution is 2.30. The first kappa shape index (κ1) is 16.4. The molecule has 0 saturated heterocycles. The summed E-state index contributed by atoms with van der Waals surface area (Å²) in [7, 11) is 0.191. The number of methoxy groups -OCH3 is 1. The molecule has 1 aromatic carbocycles. The van der Waals surface area contributed by atoms with Gasteiger partial charge in [-0.05, 0) is 31.0 Å². The van der Waals surface area contributed by atoms with Crippen LogP contribution in [0.4, 0.5) is 0 Å². The quantitative estimate of drug-likeness (QED) is 0.748. The van der Waals surface area contributed by atoms with Gasteiger partial charge in [-0.15, -0.1) is 0 Å². The van der Waals surface area contributed by atoms with E-state index >= 15 is 0 Å². The van der Waals surface area contributed by atoms with E-state index in [-0.39, 0.29) is 11.8 Å². The molecule has 1 fully saturated rings. The van der Waals surface area contributed by atoms with Gasteiger partial charge in [0.2, 0.25) is 10.0 Å². The normalized spacial score (nSPS) is 15.6. The molecule has 1 aromatic rings. The molecule has 0 radical (unpaired) electrons. The van der Waals surface area contributed by atoms with Gasteiger partial charge in [-0.2, -0.15) is 4.31 Å². The Morgan fingerprint density at radius 3 is 2.67 bits per heavy atom. The maximum Gasteiger partial charge on any atom is 0.218 e. The van der Waals surface area contributed by atoms with Crippen LogP contribution >= 0.6 is 0 Å². The van der Waals surface area contributed by atoms with Crippen molar-refractivity contribution in [2.45, 2.75) is 31.2 Å². The highest BCUT2D eigenvalue weighted by molar-refractivity contribution is 7.88. The van der Waals surface area contributed by atoms with Crippen molar-refractivity contribution in [2.75, 3.05) is 27.3 Å². The molecule has 21 heavy (non-hydrogen) atoms. The molecule has 5 nitrogen and oxygen atoms in total. The highest BCUT2D eigenvalue weighted by atomic mass is 32.2.